The average Bonchev–Trinajstić information content (AvgIpc) is 2.56. The smallest absolute Gasteiger partial charge is 0.337 e. The molecule has 5 heteroatoms. The molecule has 23 heavy (non-hydrogen) atoms. The number of rotatable bonds is 5. The zero-order chi connectivity index (χ0) is 16.8. The minimum atomic E-state index is -0.359. The van der Waals surface area contributed by atoms with E-state index in [1.165, 1.54) is 7.11 Å². The minimum Gasteiger partial charge on any atom is -0.465 e. The number of esters is 1. The Morgan fingerprint density at radius 3 is 1.83 bits per heavy atom. The molecular weight excluding hydrogens is 292 g/mol. The van der Waals surface area contributed by atoms with Gasteiger partial charge in [-0.05, 0) is 48.5 Å². The molecule has 0 aliphatic rings. The highest BCUT2D eigenvalue weighted by Gasteiger charge is 2.07. The van der Waals surface area contributed by atoms with Gasteiger partial charge in [-0.3, -0.25) is 4.79 Å². The molecule has 2 aromatic carbocycles. The van der Waals surface area contributed by atoms with E-state index in [0.717, 1.165) is 17.1 Å². The zero-order valence-electron chi connectivity index (χ0n) is 13.4. The number of carbonyl (C=O) groups excluding carboxylic acids is 2. The average molecular weight is 312 g/mol. The third-order valence-corrected chi connectivity index (χ3v) is 3.27. The maximum atomic E-state index is 11.6. The summed E-state index contributed by atoms with van der Waals surface area (Å²) in [7, 11) is 1.36. The van der Waals surface area contributed by atoms with Crippen LogP contribution in [0.3, 0.4) is 0 Å². The molecule has 0 aliphatic carbocycles. The standard InChI is InChI=1S/C18H20N2O3/c1-12(2)17(21)20-16-10-8-15(9-11-16)19-14-6-4-13(5-7-14)18(22)23-3/h4-12,19H,1-3H3,(H,20,21). The first-order valence-corrected chi connectivity index (χ1v) is 7.36. The fourth-order valence-electron chi connectivity index (χ4n) is 1.90. The van der Waals surface area contributed by atoms with E-state index in [0.29, 0.717) is 5.56 Å². The predicted octanol–water partition coefficient (Wildman–Crippen LogP) is 3.81. The number of amides is 1. The van der Waals surface area contributed by atoms with Crippen molar-refractivity contribution in [3.63, 3.8) is 0 Å². The van der Waals surface area contributed by atoms with Crippen molar-refractivity contribution in [3.05, 3.63) is 54.1 Å². The van der Waals surface area contributed by atoms with Gasteiger partial charge < -0.3 is 15.4 Å². The number of benzene rings is 2. The summed E-state index contributed by atoms with van der Waals surface area (Å²) >= 11 is 0. The van der Waals surface area contributed by atoms with Crippen LogP contribution in [0, 0.1) is 5.92 Å². The van der Waals surface area contributed by atoms with Gasteiger partial charge in [0.2, 0.25) is 5.91 Å². The van der Waals surface area contributed by atoms with Gasteiger partial charge >= 0.3 is 5.97 Å². The summed E-state index contributed by atoms with van der Waals surface area (Å²) in [4.78, 5) is 23.0. The minimum absolute atomic E-state index is 0.0101. The molecule has 0 unspecified atom stereocenters. The predicted molar refractivity (Wildman–Crippen MR) is 91.0 cm³/mol. The lowest BCUT2D eigenvalue weighted by Crippen LogP contribution is -2.17. The van der Waals surface area contributed by atoms with Gasteiger partial charge in [-0.25, -0.2) is 4.79 Å². The molecule has 0 saturated heterocycles. The summed E-state index contributed by atoms with van der Waals surface area (Å²) in [5.74, 6) is -0.424. The molecule has 2 rings (SSSR count). The van der Waals surface area contributed by atoms with Crippen molar-refractivity contribution < 1.29 is 14.3 Å². The first-order chi connectivity index (χ1) is 11.0. The van der Waals surface area contributed by atoms with Crippen molar-refractivity contribution in [2.24, 2.45) is 5.92 Å². The fraction of sp³-hybridized carbons (Fsp3) is 0.222. The van der Waals surface area contributed by atoms with Crippen LogP contribution in [-0.2, 0) is 9.53 Å². The highest BCUT2D eigenvalue weighted by atomic mass is 16.5. The number of hydrogen-bond acceptors (Lipinski definition) is 4. The first-order valence-electron chi connectivity index (χ1n) is 7.36. The molecule has 0 aromatic heterocycles. The summed E-state index contributed by atoms with van der Waals surface area (Å²) in [6.07, 6.45) is 0. The molecular formula is C18H20N2O3. The Morgan fingerprint density at radius 2 is 1.35 bits per heavy atom. The van der Waals surface area contributed by atoms with E-state index in [1.54, 1.807) is 24.3 Å². The number of anilines is 3. The van der Waals surface area contributed by atoms with E-state index in [2.05, 4.69) is 15.4 Å². The van der Waals surface area contributed by atoms with Gasteiger partial charge in [-0.2, -0.15) is 0 Å². The van der Waals surface area contributed by atoms with Crippen LogP contribution in [0.25, 0.3) is 0 Å². The summed E-state index contributed by atoms with van der Waals surface area (Å²) in [5, 5.41) is 6.07. The largest absolute Gasteiger partial charge is 0.465 e. The molecule has 2 aromatic rings. The highest BCUT2D eigenvalue weighted by molar-refractivity contribution is 5.92. The lowest BCUT2D eigenvalue weighted by Gasteiger charge is -2.10. The van der Waals surface area contributed by atoms with Crippen LogP contribution in [-0.4, -0.2) is 19.0 Å². The molecule has 0 atom stereocenters. The summed E-state index contributed by atoms with van der Waals surface area (Å²) in [5.41, 5.74) is 3.01. The van der Waals surface area contributed by atoms with Gasteiger partial charge in [0.1, 0.15) is 0 Å². The van der Waals surface area contributed by atoms with E-state index in [-0.39, 0.29) is 17.8 Å². The molecule has 0 heterocycles. The monoisotopic (exact) mass is 312 g/mol. The third-order valence-electron chi connectivity index (χ3n) is 3.27. The van der Waals surface area contributed by atoms with Gasteiger partial charge in [0, 0.05) is 23.0 Å². The van der Waals surface area contributed by atoms with E-state index < -0.39 is 0 Å². The van der Waals surface area contributed by atoms with Gasteiger partial charge in [-0.15, -0.1) is 0 Å². The van der Waals surface area contributed by atoms with Gasteiger partial charge in [-0.1, -0.05) is 13.8 Å². The zero-order valence-corrected chi connectivity index (χ0v) is 13.4. The fourth-order valence-corrected chi connectivity index (χ4v) is 1.90. The van der Waals surface area contributed by atoms with E-state index >= 15 is 0 Å². The van der Waals surface area contributed by atoms with E-state index in [9.17, 15) is 9.59 Å². The Morgan fingerprint density at radius 1 is 0.870 bits per heavy atom. The molecule has 1 amide bonds. The van der Waals surface area contributed by atoms with E-state index in [4.69, 9.17) is 0 Å². The van der Waals surface area contributed by atoms with Crippen LogP contribution < -0.4 is 10.6 Å². The van der Waals surface area contributed by atoms with Crippen molar-refractivity contribution in [2.45, 2.75) is 13.8 Å². The summed E-state index contributed by atoms with van der Waals surface area (Å²) in [6, 6.07) is 14.4. The Bertz CT molecular complexity index is 676. The van der Waals surface area contributed by atoms with Crippen LogP contribution in [0.1, 0.15) is 24.2 Å². The molecule has 0 fully saturated rings. The van der Waals surface area contributed by atoms with Crippen LogP contribution in [0.2, 0.25) is 0 Å². The molecule has 120 valence electrons. The number of hydrogen-bond donors (Lipinski definition) is 2. The van der Waals surface area contributed by atoms with Crippen LogP contribution in [0.15, 0.2) is 48.5 Å². The lowest BCUT2D eigenvalue weighted by molar-refractivity contribution is -0.118. The van der Waals surface area contributed by atoms with Crippen molar-refractivity contribution in [3.8, 4) is 0 Å². The molecule has 0 saturated carbocycles. The Balaban J connectivity index is 2.00. The Labute approximate surface area is 135 Å². The highest BCUT2D eigenvalue weighted by Crippen LogP contribution is 2.20. The second-order valence-corrected chi connectivity index (χ2v) is 5.42. The van der Waals surface area contributed by atoms with Crippen LogP contribution in [0.4, 0.5) is 17.1 Å². The third kappa shape index (κ3) is 4.57. The maximum Gasteiger partial charge on any atom is 0.337 e. The van der Waals surface area contributed by atoms with Crippen LogP contribution >= 0.6 is 0 Å². The Kier molecular flexibility index (Phi) is 5.36. The summed E-state index contributed by atoms with van der Waals surface area (Å²) in [6.45, 7) is 3.70. The van der Waals surface area contributed by atoms with Crippen molar-refractivity contribution in [1.29, 1.82) is 0 Å². The van der Waals surface area contributed by atoms with Crippen molar-refractivity contribution in [1.82, 2.24) is 0 Å². The number of ether oxygens (including phenoxy) is 1. The molecule has 0 aliphatic heterocycles. The second-order valence-electron chi connectivity index (χ2n) is 5.42. The van der Waals surface area contributed by atoms with Crippen molar-refractivity contribution >= 4 is 28.9 Å². The quantitative estimate of drug-likeness (QED) is 0.824. The molecule has 2 N–H and O–H groups in total. The first kappa shape index (κ1) is 16.5. The van der Waals surface area contributed by atoms with Gasteiger partial charge in [0.15, 0.2) is 0 Å². The number of carbonyl (C=O) groups is 2. The van der Waals surface area contributed by atoms with Gasteiger partial charge in [0.25, 0.3) is 0 Å². The van der Waals surface area contributed by atoms with E-state index in [1.807, 2.05) is 38.1 Å². The Hall–Kier alpha value is -2.82. The topological polar surface area (TPSA) is 67.4 Å². The normalized spacial score (nSPS) is 10.3. The molecule has 5 nitrogen and oxygen atoms in total. The maximum absolute atomic E-state index is 11.6. The summed E-state index contributed by atoms with van der Waals surface area (Å²) < 4.78 is 4.66. The molecule has 0 bridgehead atoms. The molecule has 0 radical (unpaired) electrons. The van der Waals surface area contributed by atoms with Gasteiger partial charge in [0.05, 0.1) is 12.7 Å². The van der Waals surface area contributed by atoms with Crippen molar-refractivity contribution in [2.75, 3.05) is 17.7 Å². The lowest BCUT2D eigenvalue weighted by atomic mass is 10.2. The van der Waals surface area contributed by atoms with Crippen LogP contribution in [0.5, 0.6) is 0 Å². The SMILES string of the molecule is COC(=O)c1ccc(Nc2ccc(NC(=O)C(C)C)cc2)cc1. The molecule has 0 spiro atoms. The second kappa shape index (κ2) is 7.45. The number of methoxy groups -OCH3 is 1. The number of nitrogens with one attached hydrogen (secondary N) is 2.